The molecule has 0 radical (unpaired) electrons. The average molecular weight is 473 g/mol. The Morgan fingerprint density at radius 3 is 1.66 bits per heavy atom. The standard InChI is InChI=1S/C30H27F3N2/c1-20-12-21-14-23(13-20)26-8-4-6-10-28(26)35(3)19-22-15-24(17-25(16-22)30(31,32)33)27-9-5-7-11-29(27)34(2)18-21/h4-17H,18-19H2,1-3H3. The van der Waals surface area contributed by atoms with Gasteiger partial charge in [-0.15, -0.1) is 0 Å². The first kappa shape index (κ1) is 23.0. The van der Waals surface area contributed by atoms with Crippen LogP contribution in [0.15, 0.2) is 84.9 Å². The molecule has 35 heavy (non-hydrogen) atoms. The van der Waals surface area contributed by atoms with Gasteiger partial charge in [-0.1, -0.05) is 54.1 Å². The lowest BCUT2D eigenvalue weighted by atomic mass is 9.95. The Balaban J connectivity index is 1.77. The van der Waals surface area contributed by atoms with Crippen molar-refractivity contribution in [1.82, 2.24) is 0 Å². The van der Waals surface area contributed by atoms with Gasteiger partial charge >= 0.3 is 6.18 Å². The molecule has 1 heterocycles. The second kappa shape index (κ2) is 8.81. The molecule has 0 unspecified atom stereocenters. The molecule has 0 atom stereocenters. The lowest BCUT2D eigenvalue weighted by molar-refractivity contribution is -0.137. The second-order valence-electron chi connectivity index (χ2n) is 9.37. The van der Waals surface area contributed by atoms with Crippen molar-refractivity contribution in [2.24, 2.45) is 0 Å². The predicted molar refractivity (Wildman–Crippen MR) is 138 cm³/mol. The SMILES string of the molecule is Cc1cc2cc(c1)-c1ccccc1N(C)Cc1cc(cc(C(F)(F)F)c1)-c1ccccc1N(C)C2. The van der Waals surface area contributed by atoms with Crippen molar-refractivity contribution >= 4 is 11.4 Å². The zero-order valence-corrected chi connectivity index (χ0v) is 20.0. The van der Waals surface area contributed by atoms with Crippen molar-refractivity contribution in [1.29, 1.82) is 0 Å². The van der Waals surface area contributed by atoms with E-state index in [1.165, 1.54) is 17.7 Å². The number of hydrogen-bond donors (Lipinski definition) is 0. The van der Waals surface area contributed by atoms with Gasteiger partial charge in [-0.05, 0) is 65.6 Å². The Labute approximate surface area is 204 Å². The summed E-state index contributed by atoms with van der Waals surface area (Å²) in [7, 11) is 3.92. The molecule has 0 N–H and O–H groups in total. The highest BCUT2D eigenvalue weighted by Crippen LogP contribution is 2.39. The van der Waals surface area contributed by atoms with E-state index in [2.05, 4.69) is 36.1 Å². The molecule has 0 aromatic heterocycles. The van der Waals surface area contributed by atoms with Crippen LogP contribution in [-0.2, 0) is 19.3 Å². The number of halogens is 3. The molecule has 5 rings (SSSR count). The molecule has 4 aromatic rings. The molecule has 0 fully saturated rings. The van der Waals surface area contributed by atoms with Crippen LogP contribution >= 0.6 is 0 Å². The smallest absolute Gasteiger partial charge is 0.370 e. The lowest BCUT2D eigenvalue weighted by Crippen LogP contribution is -2.19. The van der Waals surface area contributed by atoms with E-state index < -0.39 is 11.7 Å². The lowest BCUT2D eigenvalue weighted by Gasteiger charge is -2.27. The predicted octanol–water partition coefficient (Wildman–Crippen LogP) is 7.93. The molecule has 178 valence electrons. The van der Waals surface area contributed by atoms with Crippen LogP contribution < -0.4 is 9.80 Å². The quantitative estimate of drug-likeness (QED) is 0.256. The molecule has 2 nitrogen and oxygen atoms in total. The third kappa shape index (κ3) is 4.63. The third-order valence-electron chi connectivity index (χ3n) is 6.55. The first-order valence-corrected chi connectivity index (χ1v) is 11.6. The van der Waals surface area contributed by atoms with Crippen molar-refractivity contribution in [3.05, 3.63) is 107 Å². The maximum atomic E-state index is 13.9. The number of hydrogen-bond acceptors (Lipinski definition) is 2. The summed E-state index contributed by atoms with van der Waals surface area (Å²) in [5.74, 6) is 0. The van der Waals surface area contributed by atoms with Crippen LogP contribution in [0.2, 0.25) is 0 Å². The Hall–Kier alpha value is -3.73. The molecule has 4 bridgehead atoms. The summed E-state index contributed by atoms with van der Waals surface area (Å²) >= 11 is 0. The Bertz CT molecular complexity index is 1390. The van der Waals surface area contributed by atoms with Gasteiger partial charge in [-0.3, -0.25) is 0 Å². The fraction of sp³-hybridized carbons (Fsp3) is 0.200. The fourth-order valence-electron chi connectivity index (χ4n) is 5.03. The van der Waals surface area contributed by atoms with E-state index in [0.29, 0.717) is 24.2 Å². The molecule has 0 aliphatic carbocycles. The van der Waals surface area contributed by atoms with Gasteiger partial charge in [0.2, 0.25) is 0 Å². The van der Waals surface area contributed by atoms with Crippen LogP contribution in [0, 0.1) is 6.92 Å². The maximum absolute atomic E-state index is 13.9. The minimum absolute atomic E-state index is 0.352. The van der Waals surface area contributed by atoms with Crippen LogP contribution in [0.1, 0.15) is 22.3 Å². The molecule has 0 spiro atoms. The number of anilines is 2. The molecule has 4 aromatic carbocycles. The van der Waals surface area contributed by atoms with Gasteiger partial charge in [-0.2, -0.15) is 13.2 Å². The molecule has 0 amide bonds. The van der Waals surface area contributed by atoms with Crippen LogP contribution in [0.25, 0.3) is 22.3 Å². The highest BCUT2D eigenvalue weighted by Gasteiger charge is 2.31. The summed E-state index contributed by atoms with van der Waals surface area (Å²) in [5.41, 5.74) is 7.71. The summed E-state index contributed by atoms with van der Waals surface area (Å²) in [6, 6.07) is 26.7. The van der Waals surface area contributed by atoms with Gasteiger partial charge in [-0.25, -0.2) is 0 Å². The highest BCUT2D eigenvalue weighted by molar-refractivity contribution is 5.81. The van der Waals surface area contributed by atoms with E-state index in [9.17, 15) is 13.2 Å². The van der Waals surface area contributed by atoms with Gasteiger partial charge in [0.25, 0.3) is 0 Å². The van der Waals surface area contributed by atoms with Gasteiger partial charge < -0.3 is 9.80 Å². The van der Waals surface area contributed by atoms with E-state index in [-0.39, 0.29) is 0 Å². The van der Waals surface area contributed by atoms with Crippen LogP contribution in [0.3, 0.4) is 0 Å². The summed E-state index contributed by atoms with van der Waals surface area (Å²) in [4.78, 5) is 4.14. The number of benzene rings is 4. The minimum atomic E-state index is -4.43. The molecular weight excluding hydrogens is 445 g/mol. The minimum Gasteiger partial charge on any atom is -0.370 e. The van der Waals surface area contributed by atoms with Gasteiger partial charge in [0, 0.05) is 49.7 Å². The second-order valence-corrected chi connectivity index (χ2v) is 9.37. The first-order chi connectivity index (χ1) is 16.7. The van der Waals surface area contributed by atoms with Crippen molar-refractivity contribution in [2.75, 3.05) is 23.9 Å². The Morgan fingerprint density at radius 1 is 0.629 bits per heavy atom. The zero-order chi connectivity index (χ0) is 24.7. The van der Waals surface area contributed by atoms with Crippen molar-refractivity contribution in [3.63, 3.8) is 0 Å². The summed E-state index contributed by atoms with van der Waals surface area (Å²) in [6.07, 6.45) is -4.43. The number of alkyl halides is 3. The van der Waals surface area contributed by atoms with Gasteiger partial charge in [0.05, 0.1) is 5.56 Å². The Morgan fingerprint density at radius 2 is 1.11 bits per heavy atom. The third-order valence-corrected chi connectivity index (χ3v) is 6.55. The normalized spacial score (nSPS) is 13.7. The van der Waals surface area contributed by atoms with Crippen LogP contribution in [-0.4, -0.2) is 14.1 Å². The highest BCUT2D eigenvalue weighted by atomic mass is 19.4. The summed E-state index contributed by atoms with van der Waals surface area (Å²) < 4.78 is 41.8. The van der Waals surface area contributed by atoms with Crippen LogP contribution in [0.5, 0.6) is 0 Å². The van der Waals surface area contributed by atoms with Crippen molar-refractivity contribution < 1.29 is 13.2 Å². The van der Waals surface area contributed by atoms with E-state index in [1.807, 2.05) is 67.5 Å². The topological polar surface area (TPSA) is 6.48 Å². The molecule has 1 aliphatic heterocycles. The van der Waals surface area contributed by atoms with Gasteiger partial charge in [0.1, 0.15) is 0 Å². The molecule has 0 saturated carbocycles. The number of aryl methyl sites for hydroxylation is 1. The number of nitrogens with zero attached hydrogens (tertiary/aromatic N) is 2. The van der Waals surface area contributed by atoms with Crippen LogP contribution in [0.4, 0.5) is 24.5 Å². The molecular formula is C30H27F3N2. The number of fused-ring (bicyclic) bond motifs is 8. The largest absolute Gasteiger partial charge is 0.416 e. The van der Waals surface area contributed by atoms with E-state index in [0.717, 1.165) is 33.6 Å². The monoisotopic (exact) mass is 472 g/mol. The fourth-order valence-corrected chi connectivity index (χ4v) is 5.03. The average Bonchev–Trinajstić information content (AvgIpc) is 2.82. The zero-order valence-electron chi connectivity index (χ0n) is 20.0. The molecule has 1 aliphatic rings. The number of para-hydroxylation sites is 2. The van der Waals surface area contributed by atoms with E-state index >= 15 is 0 Å². The van der Waals surface area contributed by atoms with Crippen molar-refractivity contribution in [2.45, 2.75) is 26.2 Å². The Kier molecular flexibility index (Phi) is 5.79. The molecule has 5 heteroatoms. The van der Waals surface area contributed by atoms with Gasteiger partial charge in [0.15, 0.2) is 0 Å². The maximum Gasteiger partial charge on any atom is 0.416 e. The van der Waals surface area contributed by atoms with E-state index in [1.54, 1.807) is 0 Å². The van der Waals surface area contributed by atoms with Crippen molar-refractivity contribution in [3.8, 4) is 22.3 Å². The molecule has 0 saturated heterocycles. The first-order valence-electron chi connectivity index (χ1n) is 11.6. The summed E-state index contributed by atoms with van der Waals surface area (Å²) in [5, 5.41) is 0. The summed E-state index contributed by atoms with van der Waals surface area (Å²) in [6.45, 7) is 3.08. The number of rotatable bonds is 0. The van der Waals surface area contributed by atoms with E-state index in [4.69, 9.17) is 0 Å².